The van der Waals surface area contributed by atoms with Gasteiger partial charge in [-0.3, -0.25) is 9.59 Å². The van der Waals surface area contributed by atoms with Gasteiger partial charge < -0.3 is 9.30 Å². The molecule has 0 saturated heterocycles. The number of fused-ring (bicyclic) bond motifs is 2. The van der Waals surface area contributed by atoms with Crippen LogP contribution >= 0.6 is 22.7 Å². The van der Waals surface area contributed by atoms with E-state index in [9.17, 15) is 9.59 Å². The van der Waals surface area contributed by atoms with Crippen LogP contribution in [-0.4, -0.2) is 28.5 Å². The van der Waals surface area contributed by atoms with Gasteiger partial charge in [0.05, 0.1) is 27.5 Å². The number of rotatable bonds is 3. The van der Waals surface area contributed by atoms with Crippen LogP contribution in [0.1, 0.15) is 20.9 Å². The first kappa shape index (κ1) is 18.5. The standard InChI is InChI=1S/C20H17N3O3S2/c1-11-8-12(2)17-15(9-11)28-20(23(17)10-16(24)26-3)22-18(25)19-21-13-6-4-5-7-14(13)27-19/h4-9H,10H2,1-3H3. The van der Waals surface area contributed by atoms with E-state index in [2.05, 4.69) is 9.98 Å². The Kier molecular flexibility index (Phi) is 4.82. The monoisotopic (exact) mass is 411 g/mol. The SMILES string of the molecule is COC(=O)Cn1c(=NC(=O)c2nc3ccccc3s2)sc2cc(C)cc(C)c21. The van der Waals surface area contributed by atoms with Crippen LogP contribution in [0.4, 0.5) is 0 Å². The fourth-order valence-electron chi connectivity index (χ4n) is 3.12. The lowest BCUT2D eigenvalue weighted by Crippen LogP contribution is -2.22. The number of aryl methyl sites for hydroxylation is 2. The average molecular weight is 412 g/mol. The molecule has 0 saturated carbocycles. The number of benzene rings is 2. The minimum Gasteiger partial charge on any atom is -0.468 e. The third-order valence-electron chi connectivity index (χ3n) is 4.30. The van der Waals surface area contributed by atoms with Crippen LogP contribution in [0.3, 0.4) is 0 Å². The number of para-hydroxylation sites is 1. The first-order chi connectivity index (χ1) is 13.5. The summed E-state index contributed by atoms with van der Waals surface area (Å²) in [5, 5.41) is 0.330. The van der Waals surface area contributed by atoms with E-state index in [-0.39, 0.29) is 6.54 Å². The number of nitrogens with zero attached hydrogens (tertiary/aromatic N) is 3. The van der Waals surface area contributed by atoms with E-state index >= 15 is 0 Å². The van der Waals surface area contributed by atoms with Crippen LogP contribution in [0.5, 0.6) is 0 Å². The van der Waals surface area contributed by atoms with Crippen molar-refractivity contribution in [2.75, 3.05) is 7.11 Å². The van der Waals surface area contributed by atoms with Crippen molar-refractivity contribution in [1.82, 2.24) is 9.55 Å². The lowest BCUT2D eigenvalue weighted by molar-refractivity contribution is -0.141. The molecule has 4 rings (SSSR count). The summed E-state index contributed by atoms with van der Waals surface area (Å²) in [6.07, 6.45) is 0. The fraction of sp³-hybridized carbons (Fsp3) is 0.200. The second kappa shape index (κ2) is 7.29. The van der Waals surface area contributed by atoms with Gasteiger partial charge in [-0.15, -0.1) is 11.3 Å². The summed E-state index contributed by atoms with van der Waals surface area (Å²) in [7, 11) is 1.34. The van der Waals surface area contributed by atoms with Gasteiger partial charge in [-0.1, -0.05) is 29.5 Å². The van der Waals surface area contributed by atoms with Crippen molar-refractivity contribution in [1.29, 1.82) is 0 Å². The van der Waals surface area contributed by atoms with E-state index in [0.717, 1.165) is 31.6 Å². The highest BCUT2D eigenvalue weighted by molar-refractivity contribution is 7.20. The molecular formula is C20H17N3O3S2. The first-order valence-electron chi connectivity index (χ1n) is 8.58. The van der Waals surface area contributed by atoms with Gasteiger partial charge in [-0.05, 0) is 43.2 Å². The Hall–Kier alpha value is -2.84. The molecule has 4 aromatic rings. The zero-order chi connectivity index (χ0) is 19.8. The molecule has 28 heavy (non-hydrogen) atoms. The highest BCUT2D eigenvalue weighted by atomic mass is 32.1. The van der Waals surface area contributed by atoms with E-state index in [1.165, 1.54) is 29.8 Å². The molecule has 142 valence electrons. The quantitative estimate of drug-likeness (QED) is 0.480. The number of methoxy groups -OCH3 is 1. The molecule has 2 heterocycles. The largest absolute Gasteiger partial charge is 0.468 e. The van der Waals surface area contributed by atoms with Crippen molar-refractivity contribution >= 4 is 55.0 Å². The Bertz CT molecular complexity index is 1260. The van der Waals surface area contributed by atoms with Crippen molar-refractivity contribution in [3.63, 3.8) is 0 Å². The number of carbonyl (C=O) groups excluding carboxylic acids is 2. The topological polar surface area (TPSA) is 73.6 Å². The Labute approximate surface area is 168 Å². The number of amides is 1. The molecule has 0 atom stereocenters. The van der Waals surface area contributed by atoms with Crippen LogP contribution in [0, 0.1) is 13.8 Å². The van der Waals surface area contributed by atoms with Crippen molar-refractivity contribution in [2.24, 2.45) is 4.99 Å². The van der Waals surface area contributed by atoms with Crippen LogP contribution in [0.2, 0.25) is 0 Å². The van der Waals surface area contributed by atoms with Crippen LogP contribution in [0.15, 0.2) is 41.4 Å². The van der Waals surface area contributed by atoms with E-state index in [0.29, 0.717) is 9.81 Å². The summed E-state index contributed by atoms with van der Waals surface area (Å²) in [5.74, 6) is -0.811. The maximum atomic E-state index is 12.8. The molecule has 0 aliphatic heterocycles. The van der Waals surface area contributed by atoms with Crippen molar-refractivity contribution in [3.8, 4) is 0 Å². The van der Waals surface area contributed by atoms with Gasteiger partial charge in [0.2, 0.25) is 0 Å². The zero-order valence-corrected chi connectivity index (χ0v) is 17.2. The second-order valence-corrected chi connectivity index (χ2v) is 8.42. The van der Waals surface area contributed by atoms with Gasteiger partial charge in [-0.2, -0.15) is 4.99 Å². The molecule has 2 aromatic heterocycles. The lowest BCUT2D eigenvalue weighted by Gasteiger charge is -2.06. The Balaban J connectivity index is 1.88. The molecular weight excluding hydrogens is 394 g/mol. The van der Waals surface area contributed by atoms with Crippen LogP contribution in [-0.2, 0) is 16.1 Å². The number of aromatic nitrogens is 2. The number of hydrogen-bond donors (Lipinski definition) is 0. The van der Waals surface area contributed by atoms with Gasteiger partial charge in [0.15, 0.2) is 9.81 Å². The molecule has 0 N–H and O–H groups in total. The highest BCUT2D eigenvalue weighted by Gasteiger charge is 2.16. The molecule has 0 aliphatic rings. The normalized spacial score (nSPS) is 12.0. The van der Waals surface area contributed by atoms with Crippen LogP contribution < -0.4 is 4.80 Å². The number of esters is 1. The maximum absolute atomic E-state index is 12.8. The van der Waals surface area contributed by atoms with Gasteiger partial charge in [-0.25, -0.2) is 4.98 Å². The Morgan fingerprint density at radius 1 is 1.14 bits per heavy atom. The molecule has 0 bridgehead atoms. The summed E-state index contributed by atoms with van der Waals surface area (Å²) in [4.78, 5) is 33.9. The predicted molar refractivity (Wildman–Crippen MR) is 111 cm³/mol. The number of ether oxygens (including phenoxy) is 1. The number of carbonyl (C=O) groups is 2. The molecule has 1 amide bonds. The Morgan fingerprint density at radius 2 is 1.93 bits per heavy atom. The predicted octanol–water partition coefficient (Wildman–Crippen LogP) is 3.84. The molecule has 0 spiro atoms. The minimum absolute atomic E-state index is 0.00758. The third-order valence-corrected chi connectivity index (χ3v) is 6.35. The van der Waals surface area contributed by atoms with Crippen molar-refractivity contribution in [3.05, 3.63) is 57.3 Å². The Morgan fingerprint density at radius 3 is 2.68 bits per heavy atom. The minimum atomic E-state index is -0.416. The second-order valence-electron chi connectivity index (χ2n) is 6.38. The summed E-state index contributed by atoms with van der Waals surface area (Å²) in [6.45, 7) is 3.99. The molecule has 0 radical (unpaired) electrons. The fourth-order valence-corrected chi connectivity index (χ4v) is 5.17. The van der Waals surface area contributed by atoms with E-state index < -0.39 is 11.9 Å². The molecule has 8 heteroatoms. The van der Waals surface area contributed by atoms with Crippen molar-refractivity contribution in [2.45, 2.75) is 20.4 Å². The maximum Gasteiger partial charge on any atom is 0.325 e. The number of hydrogen-bond acceptors (Lipinski definition) is 6. The number of thiazole rings is 2. The van der Waals surface area contributed by atoms with Crippen LogP contribution in [0.25, 0.3) is 20.4 Å². The molecule has 0 fully saturated rings. The summed E-state index contributed by atoms with van der Waals surface area (Å²) in [5.41, 5.74) is 3.79. The average Bonchev–Trinajstić information content (AvgIpc) is 3.23. The van der Waals surface area contributed by atoms with Crippen molar-refractivity contribution < 1.29 is 14.3 Å². The smallest absolute Gasteiger partial charge is 0.325 e. The lowest BCUT2D eigenvalue weighted by atomic mass is 10.1. The zero-order valence-electron chi connectivity index (χ0n) is 15.6. The molecule has 6 nitrogen and oxygen atoms in total. The van der Waals surface area contributed by atoms with Gasteiger partial charge >= 0.3 is 11.9 Å². The first-order valence-corrected chi connectivity index (χ1v) is 10.2. The van der Waals surface area contributed by atoms with E-state index in [1.807, 2.05) is 50.2 Å². The van der Waals surface area contributed by atoms with E-state index in [4.69, 9.17) is 4.74 Å². The summed E-state index contributed by atoms with van der Waals surface area (Å²) < 4.78 is 8.48. The third kappa shape index (κ3) is 3.36. The van der Waals surface area contributed by atoms with Gasteiger partial charge in [0.1, 0.15) is 6.54 Å². The van der Waals surface area contributed by atoms with Gasteiger partial charge in [0, 0.05) is 0 Å². The molecule has 2 aromatic carbocycles. The molecule has 0 aliphatic carbocycles. The van der Waals surface area contributed by atoms with Gasteiger partial charge in [0.25, 0.3) is 0 Å². The summed E-state index contributed by atoms with van der Waals surface area (Å²) in [6, 6.07) is 11.7. The summed E-state index contributed by atoms with van der Waals surface area (Å²) >= 11 is 2.69. The van der Waals surface area contributed by atoms with E-state index in [1.54, 1.807) is 4.57 Å². The highest BCUT2D eigenvalue weighted by Crippen LogP contribution is 2.24. The molecule has 0 unspecified atom stereocenters.